The lowest BCUT2D eigenvalue weighted by atomic mass is 10.1. The number of anilines is 3. The highest BCUT2D eigenvalue weighted by Gasteiger charge is 2.41. The summed E-state index contributed by atoms with van der Waals surface area (Å²) in [5.74, 6) is 0. The summed E-state index contributed by atoms with van der Waals surface area (Å²) < 4.78 is 20.2. The van der Waals surface area contributed by atoms with Gasteiger partial charge in [-0.1, -0.05) is 91.0 Å². The Morgan fingerprint density at radius 1 is 0.415 bits per heavy atom. The van der Waals surface area contributed by atoms with Crippen LogP contribution >= 0.6 is 7.14 Å². The number of benzene rings is 6. The Bertz CT molecular complexity index is 2840. The molecule has 5 heterocycles. The second-order valence-electron chi connectivity index (χ2n) is 13.4. The molecule has 250 valence electrons. The van der Waals surface area contributed by atoms with E-state index >= 15 is 4.57 Å². The van der Waals surface area contributed by atoms with Crippen molar-refractivity contribution in [1.29, 1.82) is 0 Å². The van der Waals surface area contributed by atoms with Crippen LogP contribution in [-0.2, 0) is 4.57 Å². The summed E-state index contributed by atoms with van der Waals surface area (Å²) >= 11 is 0. The molecule has 1 aliphatic rings. The monoisotopic (exact) mass is 699 g/mol. The maximum atomic E-state index is 15.7. The fraction of sp³-hybridized carbons (Fsp3) is 0. The number of aromatic nitrogens is 4. The standard InChI is InChI=1S/C46H30N5OP/c52-53(34-14-2-1-3-15-34)43-24-10-8-22-41(43)49(42-23-9-11-25-44(42)53)31-28-32(50-39-20-6-4-16-35(39)37-18-12-26-47-45(37)50)30-33(29-31)51-40-21-7-5-17-36(40)38-19-13-27-48-46(38)51/h1-30H. The highest BCUT2D eigenvalue weighted by molar-refractivity contribution is 7.86. The third-order valence-corrected chi connectivity index (χ3v) is 13.7. The van der Waals surface area contributed by atoms with E-state index in [0.29, 0.717) is 0 Å². The van der Waals surface area contributed by atoms with Crippen LogP contribution in [0.15, 0.2) is 182 Å². The molecule has 6 aromatic carbocycles. The molecule has 53 heavy (non-hydrogen) atoms. The fourth-order valence-electron chi connectivity index (χ4n) is 8.37. The molecule has 6 nitrogen and oxygen atoms in total. The molecule has 0 N–H and O–H groups in total. The number of para-hydroxylation sites is 4. The molecule has 0 bridgehead atoms. The van der Waals surface area contributed by atoms with Crippen molar-refractivity contribution in [2.45, 2.75) is 0 Å². The molecule has 0 unspecified atom stereocenters. The van der Waals surface area contributed by atoms with Gasteiger partial charge in [0.05, 0.1) is 39.5 Å². The zero-order valence-electron chi connectivity index (χ0n) is 28.4. The van der Waals surface area contributed by atoms with Gasteiger partial charge in [0.15, 0.2) is 7.14 Å². The molecular formula is C46H30N5OP. The summed E-state index contributed by atoms with van der Waals surface area (Å²) in [6, 6.07) is 58.2. The van der Waals surface area contributed by atoms with Gasteiger partial charge in [0.1, 0.15) is 11.3 Å². The van der Waals surface area contributed by atoms with Crippen LogP contribution < -0.4 is 20.8 Å². The number of rotatable bonds is 4. The molecule has 0 radical (unpaired) electrons. The van der Waals surface area contributed by atoms with E-state index in [4.69, 9.17) is 9.97 Å². The molecule has 10 aromatic rings. The average molecular weight is 700 g/mol. The zero-order chi connectivity index (χ0) is 35.1. The summed E-state index contributed by atoms with van der Waals surface area (Å²) in [5, 5.41) is 6.90. The fourth-order valence-corrected chi connectivity index (χ4v) is 11.4. The third kappa shape index (κ3) is 4.24. The first-order valence-electron chi connectivity index (χ1n) is 17.7. The van der Waals surface area contributed by atoms with Crippen molar-refractivity contribution in [2.75, 3.05) is 4.90 Å². The van der Waals surface area contributed by atoms with Crippen LogP contribution in [0.25, 0.3) is 55.2 Å². The minimum absolute atomic E-state index is 0.814. The van der Waals surface area contributed by atoms with Gasteiger partial charge in [-0.25, -0.2) is 9.97 Å². The van der Waals surface area contributed by atoms with E-state index in [1.54, 1.807) is 0 Å². The molecule has 0 aliphatic carbocycles. The van der Waals surface area contributed by atoms with Crippen LogP contribution in [0.4, 0.5) is 17.1 Å². The van der Waals surface area contributed by atoms with Crippen LogP contribution in [0.1, 0.15) is 0 Å². The van der Waals surface area contributed by atoms with E-state index in [1.807, 2.05) is 91.3 Å². The number of fused-ring (bicyclic) bond motifs is 8. The minimum atomic E-state index is -3.23. The first-order chi connectivity index (χ1) is 26.2. The van der Waals surface area contributed by atoms with E-state index in [2.05, 4.69) is 105 Å². The van der Waals surface area contributed by atoms with Crippen molar-refractivity contribution < 1.29 is 4.57 Å². The lowest BCUT2D eigenvalue weighted by molar-refractivity contribution is 0.592. The lowest BCUT2D eigenvalue weighted by Crippen LogP contribution is -2.36. The van der Waals surface area contributed by atoms with Crippen molar-refractivity contribution >= 4 is 84.0 Å². The predicted molar refractivity (Wildman–Crippen MR) is 218 cm³/mol. The summed E-state index contributed by atoms with van der Waals surface area (Å²) in [6.45, 7) is 0. The Morgan fingerprint density at radius 2 is 0.849 bits per heavy atom. The number of hydrogen-bond acceptors (Lipinski definition) is 4. The van der Waals surface area contributed by atoms with E-state index in [0.717, 1.165) is 88.2 Å². The maximum absolute atomic E-state index is 15.7. The molecule has 0 saturated carbocycles. The predicted octanol–water partition coefficient (Wildman–Crippen LogP) is 10.1. The van der Waals surface area contributed by atoms with Crippen molar-refractivity contribution in [3.63, 3.8) is 0 Å². The van der Waals surface area contributed by atoms with Gasteiger partial charge in [-0.05, 0) is 78.9 Å². The maximum Gasteiger partial charge on any atom is 0.175 e. The van der Waals surface area contributed by atoms with Gasteiger partial charge in [0.25, 0.3) is 0 Å². The summed E-state index contributed by atoms with van der Waals surface area (Å²) in [6.07, 6.45) is 3.72. The molecule has 0 saturated heterocycles. The van der Waals surface area contributed by atoms with Crippen LogP contribution in [0.5, 0.6) is 0 Å². The first-order valence-corrected chi connectivity index (χ1v) is 19.4. The Labute approximate surface area is 305 Å². The van der Waals surface area contributed by atoms with Gasteiger partial charge in [-0.15, -0.1) is 0 Å². The van der Waals surface area contributed by atoms with Gasteiger partial charge in [-0.2, -0.15) is 0 Å². The summed E-state index contributed by atoms with van der Waals surface area (Å²) in [7, 11) is -3.23. The van der Waals surface area contributed by atoms with Crippen LogP contribution in [-0.4, -0.2) is 19.1 Å². The number of hydrogen-bond donors (Lipinski definition) is 0. The molecule has 11 rings (SSSR count). The zero-order valence-corrected chi connectivity index (χ0v) is 29.3. The van der Waals surface area contributed by atoms with E-state index in [-0.39, 0.29) is 0 Å². The van der Waals surface area contributed by atoms with Gasteiger partial charge in [-0.3, -0.25) is 9.13 Å². The molecular weight excluding hydrogens is 670 g/mol. The highest BCUT2D eigenvalue weighted by atomic mass is 31.2. The molecule has 0 fully saturated rings. The Morgan fingerprint density at radius 3 is 1.40 bits per heavy atom. The van der Waals surface area contributed by atoms with Crippen molar-refractivity contribution in [3.05, 3.63) is 182 Å². The van der Waals surface area contributed by atoms with Gasteiger partial charge in [0.2, 0.25) is 0 Å². The Hall–Kier alpha value is -6.75. The van der Waals surface area contributed by atoms with Crippen molar-refractivity contribution in [2.24, 2.45) is 0 Å². The Kier molecular flexibility index (Phi) is 6.42. The quantitative estimate of drug-likeness (QED) is 0.172. The van der Waals surface area contributed by atoms with Crippen LogP contribution in [0, 0.1) is 0 Å². The van der Waals surface area contributed by atoms with Crippen LogP contribution in [0.2, 0.25) is 0 Å². The van der Waals surface area contributed by atoms with Crippen molar-refractivity contribution in [3.8, 4) is 11.4 Å². The number of nitrogens with zero attached hydrogens (tertiary/aromatic N) is 5. The second kappa shape index (κ2) is 11.4. The normalized spacial score (nSPS) is 13.5. The number of pyridine rings is 2. The van der Waals surface area contributed by atoms with E-state index in [1.165, 1.54) is 0 Å². The molecule has 0 atom stereocenters. The highest BCUT2D eigenvalue weighted by Crippen LogP contribution is 2.54. The molecule has 1 aliphatic heterocycles. The minimum Gasteiger partial charge on any atom is -0.309 e. The molecule has 0 amide bonds. The smallest absolute Gasteiger partial charge is 0.175 e. The van der Waals surface area contributed by atoms with Gasteiger partial charge >= 0.3 is 0 Å². The topological polar surface area (TPSA) is 56.0 Å². The Balaban J connectivity index is 1.26. The summed E-state index contributed by atoms with van der Waals surface area (Å²) in [5.41, 5.74) is 8.52. The third-order valence-electron chi connectivity index (χ3n) is 10.6. The van der Waals surface area contributed by atoms with E-state index < -0.39 is 7.14 Å². The molecule has 4 aromatic heterocycles. The molecule has 7 heteroatoms. The van der Waals surface area contributed by atoms with Crippen LogP contribution in [0.3, 0.4) is 0 Å². The van der Waals surface area contributed by atoms with Gasteiger partial charge in [0, 0.05) is 49.9 Å². The SMILES string of the molecule is O=P1(c2ccccc2)c2ccccc2N(c2cc(-n3c4ccccc4c4cccnc43)cc(-n3c4ccccc4c4cccnc43)c2)c2ccccc21. The van der Waals surface area contributed by atoms with E-state index in [9.17, 15) is 0 Å². The first kappa shape index (κ1) is 29.9. The summed E-state index contributed by atoms with van der Waals surface area (Å²) in [4.78, 5) is 12.2. The largest absolute Gasteiger partial charge is 0.309 e. The lowest BCUT2D eigenvalue weighted by Gasteiger charge is -2.38. The average Bonchev–Trinajstić information content (AvgIpc) is 3.74. The molecule has 0 spiro atoms. The second-order valence-corrected chi connectivity index (χ2v) is 16.1. The van der Waals surface area contributed by atoms with Gasteiger partial charge < -0.3 is 9.46 Å². The van der Waals surface area contributed by atoms with Crippen molar-refractivity contribution in [1.82, 2.24) is 19.1 Å².